The lowest BCUT2D eigenvalue weighted by atomic mass is 9.79. The van der Waals surface area contributed by atoms with Crippen LogP contribution >= 0.6 is 0 Å². The topological polar surface area (TPSA) is 136 Å². The van der Waals surface area contributed by atoms with Crippen molar-refractivity contribution in [1.29, 1.82) is 0 Å². The first-order chi connectivity index (χ1) is 16.9. The largest absolute Gasteiger partial charge is 0.373 e. The molecular formula is C24H24N6O5. The van der Waals surface area contributed by atoms with Gasteiger partial charge in [0.2, 0.25) is 11.8 Å². The van der Waals surface area contributed by atoms with Crippen LogP contribution in [-0.4, -0.2) is 68.8 Å². The zero-order chi connectivity index (χ0) is 24.2. The zero-order valence-corrected chi connectivity index (χ0v) is 18.9. The van der Waals surface area contributed by atoms with Gasteiger partial charge in [-0.2, -0.15) is 0 Å². The second-order valence-corrected chi connectivity index (χ2v) is 9.66. The molecular weight excluding hydrogens is 452 g/mol. The number of hydrogen-bond donors (Lipinski definition) is 2. The van der Waals surface area contributed by atoms with Crippen LogP contribution in [0, 0.1) is 5.41 Å². The summed E-state index contributed by atoms with van der Waals surface area (Å²) < 4.78 is 7.24. The Hall–Kier alpha value is -3.86. The van der Waals surface area contributed by atoms with Gasteiger partial charge in [-0.25, -0.2) is 4.68 Å². The lowest BCUT2D eigenvalue weighted by molar-refractivity contribution is -0.136. The smallest absolute Gasteiger partial charge is 0.273 e. The number of hydrogen-bond acceptors (Lipinski definition) is 7. The monoisotopic (exact) mass is 476 g/mol. The molecule has 0 radical (unpaired) electrons. The van der Waals surface area contributed by atoms with Crippen LogP contribution in [0.3, 0.4) is 0 Å². The zero-order valence-electron chi connectivity index (χ0n) is 18.9. The van der Waals surface area contributed by atoms with E-state index in [4.69, 9.17) is 4.74 Å². The molecule has 4 amide bonds. The quantitative estimate of drug-likeness (QED) is 0.474. The molecule has 3 aliphatic heterocycles. The van der Waals surface area contributed by atoms with Crippen LogP contribution in [0.5, 0.6) is 0 Å². The number of rotatable bonds is 5. The van der Waals surface area contributed by atoms with Gasteiger partial charge in [-0.05, 0) is 43.0 Å². The van der Waals surface area contributed by atoms with E-state index in [9.17, 15) is 19.2 Å². The van der Waals surface area contributed by atoms with Crippen molar-refractivity contribution in [3.05, 3.63) is 53.4 Å². The summed E-state index contributed by atoms with van der Waals surface area (Å²) >= 11 is 0. The third-order valence-corrected chi connectivity index (χ3v) is 7.26. The summed E-state index contributed by atoms with van der Waals surface area (Å²) in [5.41, 5.74) is 2.04. The first-order valence-electron chi connectivity index (χ1n) is 11.7. The minimum absolute atomic E-state index is 0.0635. The Morgan fingerprint density at radius 1 is 1.29 bits per heavy atom. The van der Waals surface area contributed by atoms with Gasteiger partial charge in [-0.15, -0.1) is 5.10 Å². The molecule has 1 aromatic heterocycles. The number of amides is 4. The molecule has 1 aliphatic carbocycles. The number of ether oxygens (including phenoxy) is 1. The van der Waals surface area contributed by atoms with E-state index in [1.54, 1.807) is 24.4 Å². The number of carbonyl (C=O) groups is 4. The molecule has 4 aliphatic rings. The molecule has 2 bridgehead atoms. The van der Waals surface area contributed by atoms with Crippen molar-refractivity contribution in [3.8, 4) is 5.69 Å². The highest BCUT2D eigenvalue weighted by Crippen LogP contribution is 2.39. The van der Waals surface area contributed by atoms with Crippen molar-refractivity contribution in [3.63, 3.8) is 0 Å². The van der Waals surface area contributed by atoms with Gasteiger partial charge in [-0.3, -0.25) is 24.5 Å². The summed E-state index contributed by atoms with van der Waals surface area (Å²) in [6, 6.07) is 4.55. The third kappa shape index (κ3) is 3.81. The molecule has 1 aromatic carbocycles. The maximum Gasteiger partial charge on any atom is 0.273 e. The Balaban J connectivity index is 1.14. The van der Waals surface area contributed by atoms with E-state index in [0.29, 0.717) is 30.8 Å². The minimum atomic E-state index is -0.669. The minimum Gasteiger partial charge on any atom is -0.373 e. The van der Waals surface area contributed by atoms with Crippen LogP contribution in [0.4, 0.5) is 0 Å². The number of nitrogens with one attached hydrogen (secondary N) is 2. The van der Waals surface area contributed by atoms with Gasteiger partial charge in [0.05, 0.1) is 24.6 Å². The van der Waals surface area contributed by atoms with E-state index in [0.717, 1.165) is 18.4 Å². The molecule has 3 unspecified atom stereocenters. The van der Waals surface area contributed by atoms with E-state index in [-0.39, 0.29) is 47.9 Å². The van der Waals surface area contributed by atoms with E-state index < -0.39 is 11.9 Å². The maximum absolute atomic E-state index is 12.9. The Bertz CT molecular complexity index is 1280. The number of piperidine rings is 1. The Kier molecular flexibility index (Phi) is 5.03. The van der Waals surface area contributed by atoms with Crippen molar-refractivity contribution in [2.45, 2.75) is 44.4 Å². The summed E-state index contributed by atoms with van der Waals surface area (Å²) in [4.78, 5) is 50.8. The van der Waals surface area contributed by atoms with Crippen molar-refractivity contribution in [2.24, 2.45) is 5.41 Å². The Morgan fingerprint density at radius 2 is 2.17 bits per heavy atom. The fourth-order valence-electron chi connectivity index (χ4n) is 5.32. The predicted molar refractivity (Wildman–Crippen MR) is 120 cm³/mol. The number of benzene rings is 1. The molecule has 2 fully saturated rings. The van der Waals surface area contributed by atoms with Crippen LogP contribution in [0.2, 0.25) is 0 Å². The SMILES string of the molecule is O=C1CCC(N2Cc3cc(-n4cc(C(=O)NCC56CC=CC(C5)OC6)nn4)ccc3C2=O)C(=O)N1. The predicted octanol–water partition coefficient (Wildman–Crippen LogP) is 0.493. The highest BCUT2D eigenvalue weighted by Gasteiger charge is 2.41. The summed E-state index contributed by atoms with van der Waals surface area (Å²) in [5.74, 6) is -1.31. The normalized spacial score (nSPS) is 27.2. The Labute approximate surface area is 200 Å². The molecule has 11 heteroatoms. The lowest BCUT2D eigenvalue weighted by Crippen LogP contribution is -2.52. The second-order valence-electron chi connectivity index (χ2n) is 9.66. The van der Waals surface area contributed by atoms with E-state index in [1.165, 1.54) is 9.58 Å². The Morgan fingerprint density at radius 3 is 3.03 bits per heavy atom. The number of nitrogens with zero attached hydrogens (tertiary/aromatic N) is 4. The van der Waals surface area contributed by atoms with E-state index >= 15 is 0 Å². The van der Waals surface area contributed by atoms with Gasteiger partial charge >= 0.3 is 0 Å². The van der Waals surface area contributed by atoms with Crippen LogP contribution in [0.1, 0.15) is 52.1 Å². The third-order valence-electron chi connectivity index (χ3n) is 7.26. The summed E-state index contributed by atoms with van der Waals surface area (Å²) in [7, 11) is 0. The van der Waals surface area contributed by atoms with Gasteiger partial charge in [0.15, 0.2) is 5.69 Å². The molecule has 2 aromatic rings. The lowest BCUT2D eigenvalue weighted by Gasteiger charge is -2.29. The summed E-state index contributed by atoms with van der Waals surface area (Å²) in [6.07, 6.45) is 8.17. The van der Waals surface area contributed by atoms with Gasteiger partial charge in [0.1, 0.15) is 6.04 Å². The van der Waals surface area contributed by atoms with Crippen LogP contribution in [0.15, 0.2) is 36.5 Å². The molecule has 11 nitrogen and oxygen atoms in total. The first kappa shape index (κ1) is 21.7. The first-order valence-corrected chi connectivity index (χ1v) is 11.7. The highest BCUT2D eigenvalue weighted by molar-refractivity contribution is 6.05. The average molecular weight is 476 g/mol. The van der Waals surface area contributed by atoms with Crippen molar-refractivity contribution >= 4 is 23.6 Å². The number of aromatic nitrogens is 3. The molecule has 0 saturated carbocycles. The molecule has 6 rings (SSSR count). The maximum atomic E-state index is 12.9. The van der Waals surface area contributed by atoms with Crippen molar-refractivity contribution < 1.29 is 23.9 Å². The molecule has 2 N–H and O–H groups in total. The van der Waals surface area contributed by atoms with Crippen LogP contribution in [0.25, 0.3) is 5.69 Å². The van der Waals surface area contributed by atoms with Gasteiger partial charge in [0.25, 0.3) is 11.8 Å². The summed E-state index contributed by atoms with van der Waals surface area (Å²) in [6.45, 7) is 1.40. The molecule has 0 spiro atoms. The number of allylic oxidation sites excluding steroid dienone is 1. The number of imide groups is 1. The fourth-order valence-corrected chi connectivity index (χ4v) is 5.32. The molecule has 4 heterocycles. The standard InChI is InChI=1S/C24H24N6O5/c31-20-6-5-19(22(33)26-20)29-10-14-8-15(3-4-17(14)23(29)34)30-11-18(27-28-30)21(32)25-12-24-7-1-2-16(9-24)35-13-24/h1-4,8,11,16,19H,5-7,9-10,12-13H2,(H,25,32)(H,26,31,33). The van der Waals surface area contributed by atoms with Crippen LogP contribution in [-0.2, 0) is 20.9 Å². The number of fused-ring (bicyclic) bond motifs is 3. The number of carbonyl (C=O) groups excluding carboxylic acids is 4. The van der Waals surface area contributed by atoms with Gasteiger partial charge in [0, 0.05) is 30.5 Å². The van der Waals surface area contributed by atoms with E-state index in [1.807, 2.05) is 0 Å². The van der Waals surface area contributed by atoms with Crippen molar-refractivity contribution in [1.82, 2.24) is 30.5 Å². The summed E-state index contributed by atoms with van der Waals surface area (Å²) in [5, 5.41) is 13.4. The highest BCUT2D eigenvalue weighted by atomic mass is 16.5. The van der Waals surface area contributed by atoms with Crippen molar-refractivity contribution in [2.75, 3.05) is 13.2 Å². The van der Waals surface area contributed by atoms with Gasteiger partial charge < -0.3 is 15.0 Å². The average Bonchev–Trinajstić information content (AvgIpc) is 3.54. The van der Waals surface area contributed by atoms with Crippen LogP contribution < -0.4 is 10.6 Å². The molecule has 2 saturated heterocycles. The van der Waals surface area contributed by atoms with Gasteiger partial charge in [-0.1, -0.05) is 17.4 Å². The fraction of sp³-hybridized carbons (Fsp3) is 0.417. The second kappa shape index (κ2) is 8.12. The molecule has 180 valence electrons. The van der Waals surface area contributed by atoms with E-state index in [2.05, 4.69) is 33.1 Å². The molecule has 35 heavy (non-hydrogen) atoms. The molecule has 3 atom stereocenters.